The van der Waals surface area contributed by atoms with Gasteiger partial charge < -0.3 is 14.4 Å². The molecule has 0 aliphatic carbocycles. The summed E-state index contributed by atoms with van der Waals surface area (Å²) in [5.74, 6) is 0.291. The second kappa shape index (κ2) is 8.18. The third-order valence-corrected chi connectivity index (χ3v) is 6.13. The van der Waals surface area contributed by atoms with Gasteiger partial charge in [-0.05, 0) is 75.1 Å². The molecular formula is C22H28N2O5S. The van der Waals surface area contributed by atoms with Gasteiger partial charge in [0.1, 0.15) is 16.2 Å². The lowest BCUT2D eigenvalue weighted by Crippen LogP contribution is -2.39. The molecule has 0 spiro atoms. The number of rotatable bonds is 4. The van der Waals surface area contributed by atoms with Crippen LogP contribution in [0.1, 0.15) is 37.5 Å². The predicted octanol–water partition coefficient (Wildman–Crippen LogP) is 4.10. The Hall–Kier alpha value is -2.74. The summed E-state index contributed by atoms with van der Waals surface area (Å²) < 4.78 is 39.1. The predicted molar refractivity (Wildman–Crippen MR) is 115 cm³/mol. The normalized spacial score (nSPS) is 14.1. The minimum atomic E-state index is -3.81. The number of carbonyl (C=O) groups excluding carboxylic acids is 1. The van der Waals surface area contributed by atoms with Crippen LogP contribution in [0, 0.1) is 6.92 Å². The number of anilines is 1. The molecule has 3 rings (SSSR count). The molecule has 1 N–H and O–H groups in total. The van der Waals surface area contributed by atoms with Crippen LogP contribution in [0.3, 0.4) is 0 Å². The van der Waals surface area contributed by atoms with E-state index in [1.54, 1.807) is 29.2 Å². The Morgan fingerprint density at radius 1 is 1.10 bits per heavy atom. The standard InChI is InChI=1S/C22H28N2O5S/c1-15-6-9-19(28-5)20(12-15)30(26,27)23-18-8-7-17-14-24(11-10-16(17)13-18)21(25)29-22(2,3)4/h6-9,12-13,23H,10-11,14H2,1-5H3. The van der Waals surface area contributed by atoms with Crippen LogP contribution in [0.2, 0.25) is 0 Å². The summed E-state index contributed by atoms with van der Waals surface area (Å²) in [6.45, 7) is 8.29. The highest BCUT2D eigenvalue weighted by atomic mass is 32.2. The molecule has 30 heavy (non-hydrogen) atoms. The first-order chi connectivity index (χ1) is 14.0. The SMILES string of the molecule is COc1ccc(C)cc1S(=O)(=O)Nc1ccc2c(c1)CCN(C(=O)OC(C)(C)C)C2. The maximum Gasteiger partial charge on any atom is 0.410 e. The highest BCUT2D eigenvalue weighted by Crippen LogP contribution is 2.29. The van der Waals surface area contributed by atoms with E-state index in [2.05, 4.69) is 4.72 Å². The zero-order valence-corrected chi connectivity index (χ0v) is 18.8. The number of nitrogens with one attached hydrogen (secondary N) is 1. The van der Waals surface area contributed by atoms with E-state index in [0.717, 1.165) is 16.7 Å². The van der Waals surface area contributed by atoms with Crippen molar-refractivity contribution in [3.63, 3.8) is 0 Å². The molecular weight excluding hydrogens is 404 g/mol. The van der Waals surface area contributed by atoms with Crippen molar-refractivity contribution in [3.05, 3.63) is 53.1 Å². The molecule has 8 heteroatoms. The largest absolute Gasteiger partial charge is 0.495 e. The van der Waals surface area contributed by atoms with Gasteiger partial charge in [0.05, 0.1) is 7.11 Å². The van der Waals surface area contributed by atoms with Gasteiger partial charge in [-0.25, -0.2) is 13.2 Å². The Kier molecular flexibility index (Phi) is 5.99. The van der Waals surface area contributed by atoms with Crippen molar-refractivity contribution in [2.75, 3.05) is 18.4 Å². The number of sulfonamides is 1. The summed E-state index contributed by atoms with van der Waals surface area (Å²) in [5.41, 5.74) is 2.73. The Morgan fingerprint density at radius 3 is 2.50 bits per heavy atom. The average molecular weight is 433 g/mol. The summed E-state index contributed by atoms with van der Waals surface area (Å²) in [5, 5.41) is 0. The second-order valence-corrected chi connectivity index (χ2v) is 10.0. The van der Waals surface area contributed by atoms with Crippen molar-refractivity contribution in [1.82, 2.24) is 4.90 Å². The van der Waals surface area contributed by atoms with Gasteiger partial charge in [-0.15, -0.1) is 0 Å². The van der Waals surface area contributed by atoms with Gasteiger partial charge in [0.2, 0.25) is 0 Å². The van der Waals surface area contributed by atoms with Crippen LogP contribution in [-0.2, 0) is 27.7 Å². The van der Waals surface area contributed by atoms with Crippen LogP contribution in [0.5, 0.6) is 5.75 Å². The van der Waals surface area contributed by atoms with Crippen LogP contribution in [0.25, 0.3) is 0 Å². The van der Waals surface area contributed by atoms with Crippen molar-refractivity contribution >= 4 is 21.8 Å². The fourth-order valence-electron chi connectivity index (χ4n) is 3.30. The number of fused-ring (bicyclic) bond motifs is 1. The molecule has 1 amide bonds. The molecule has 7 nitrogen and oxygen atoms in total. The quantitative estimate of drug-likeness (QED) is 0.786. The first kappa shape index (κ1) is 22.0. The molecule has 0 fully saturated rings. The molecule has 0 unspecified atom stereocenters. The number of hydrogen-bond donors (Lipinski definition) is 1. The molecule has 0 bridgehead atoms. The van der Waals surface area contributed by atoms with Gasteiger partial charge in [-0.2, -0.15) is 0 Å². The Morgan fingerprint density at radius 2 is 1.83 bits per heavy atom. The van der Waals surface area contributed by atoms with Gasteiger partial charge >= 0.3 is 6.09 Å². The number of methoxy groups -OCH3 is 1. The molecule has 2 aromatic carbocycles. The molecule has 0 atom stereocenters. The van der Waals surface area contributed by atoms with Crippen LogP contribution < -0.4 is 9.46 Å². The number of benzene rings is 2. The summed E-state index contributed by atoms with van der Waals surface area (Å²) in [6.07, 6.45) is 0.280. The summed E-state index contributed by atoms with van der Waals surface area (Å²) in [6, 6.07) is 10.4. The maximum atomic E-state index is 12.9. The number of ether oxygens (including phenoxy) is 2. The number of hydrogen-bond acceptors (Lipinski definition) is 5. The monoisotopic (exact) mass is 432 g/mol. The first-order valence-corrected chi connectivity index (χ1v) is 11.2. The maximum absolute atomic E-state index is 12.9. The molecule has 0 aromatic heterocycles. The minimum Gasteiger partial charge on any atom is -0.495 e. The number of aryl methyl sites for hydroxylation is 1. The van der Waals surface area contributed by atoms with Crippen molar-refractivity contribution in [2.24, 2.45) is 0 Å². The zero-order valence-electron chi connectivity index (χ0n) is 18.0. The molecule has 0 saturated carbocycles. The van der Waals surface area contributed by atoms with E-state index in [-0.39, 0.29) is 11.0 Å². The van der Waals surface area contributed by atoms with E-state index in [9.17, 15) is 13.2 Å². The van der Waals surface area contributed by atoms with Gasteiger partial charge in [-0.1, -0.05) is 12.1 Å². The number of nitrogens with zero attached hydrogens (tertiary/aromatic N) is 1. The molecule has 0 saturated heterocycles. The number of amides is 1. The van der Waals surface area contributed by atoms with Crippen molar-refractivity contribution in [3.8, 4) is 5.75 Å². The highest BCUT2D eigenvalue weighted by molar-refractivity contribution is 7.92. The van der Waals surface area contributed by atoms with E-state index >= 15 is 0 Å². The fraction of sp³-hybridized carbons (Fsp3) is 0.409. The fourth-order valence-corrected chi connectivity index (χ4v) is 4.61. The second-order valence-electron chi connectivity index (χ2n) is 8.40. The molecule has 1 heterocycles. The van der Waals surface area contributed by atoms with Crippen molar-refractivity contribution in [1.29, 1.82) is 0 Å². The smallest absolute Gasteiger partial charge is 0.410 e. The molecule has 1 aliphatic rings. The first-order valence-electron chi connectivity index (χ1n) is 9.76. The lowest BCUT2D eigenvalue weighted by Gasteiger charge is -2.31. The van der Waals surface area contributed by atoms with Crippen molar-refractivity contribution < 1.29 is 22.7 Å². The molecule has 1 aliphatic heterocycles. The third-order valence-electron chi connectivity index (χ3n) is 4.73. The van der Waals surface area contributed by atoms with Gasteiger partial charge in [-0.3, -0.25) is 4.72 Å². The Labute approximate surface area is 178 Å². The highest BCUT2D eigenvalue weighted by Gasteiger charge is 2.26. The third kappa shape index (κ3) is 5.05. The summed E-state index contributed by atoms with van der Waals surface area (Å²) in [4.78, 5) is 14.1. The van der Waals surface area contributed by atoms with Crippen LogP contribution >= 0.6 is 0 Å². The van der Waals surface area contributed by atoms with Crippen LogP contribution in [-0.4, -0.2) is 38.7 Å². The number of carbonyl (C=O) groups is 1. The summed E-state index contributed by atoms with van der Waals surface area (Å²) in [7, 11) is -2.37. The molecule has 2 aromatic rings. The van der Waals surface area contributed by atoms with E-state index in [0.29, 0.717) is 30.9 Å². The lowest BCUT2D eigenvalue weighted by molar-refractivity contribution is 0.0224. The lowest BCUT2D eigenvalue weighted by atomic mass is 9.99. The zero-order chi connectivity index (χ0) is 22.1. The van der Waals surface area contributed by atoms with E-state index < -0.39 is 15.6 Å². The Balaban J connectivity index is 1.78. The van der Waals surface area contributed by atoms with Gasteiger partial charge in [0.25, 0.3) is 10.0 Å². The van der Waals surface area contributed by atoms with Crippen LogP contribution in [0.4, 0.5) is 10.5 Å². The van der Waals surface area contributed by atoms with E-state index in [1.165, 1.54) is 7.11 Å². The minimum absolute atomic E-state index is 0.0961. The van der Waals surface area contributed by atoms with Crippen LogP contribution in [0.15, 0.2) is 41.3 Å². The Bertz CT molecular complexity index is 1060. The van der Waals surface area contributed by atoms with E-state index in [4.69, 9.17) is 9.47 Å². The van der Waals surface area contributed by atoms with Gasteiger partial charge in [0, 0.05) is 18.8 Å². The summed E-state index contributed by atoms with van der Waals surface area (Å²) >= 11 is 0. The van der Waals surface area contributed by atoms with Gasteiger partial charge in [0.15, 0.2) is 0 Å². The molecule has 0 radical (unpaired) electrons. The van der Waals surface area contributed by atoms with E-state index in [1.807, 2.05) is 39.8 Å². The topological polar surface area (TPSA) is 84.9 Å². The molecule has 162 valence electrons. The van der Waals surface area contributed by atoms with Crippen molar-refractivity contribution in [2.45, 2.75) is 51.2 Å². The average Bonchev–Trinajstić information content (AvgIpc) is 2.66.